The number of amides is 1. The molecule has 2 rings (SSSR count). The Bertz CT molecular complexity index is 880. The highest BCUT2D eigenvalue weighted by molar-refractivity contribution is 6.07. The van der Waals surface area contributed by atoms with Crippen LogP contribution in [0, 0.1) is 13.8 Å². The number of hydrogen-bond acceptors (Lipinski definition) is 5. The number of ether oxygens (including phenoxy) is 1. The second-order valence-corrected chi connectivity index (χ2v) is 6.91. The van der Waals surface area contributed by atoms with Gasteiger partial charge in [0.2, 0.25) is 0 Å². The molecule has 0 N–H and O–H groups in total. The van der Waals surface area contributed by atoms with Crippen molar-refractivity contribution in [2.24, 2.45) is 0 Å². The molecule has 0 radical (unpaired) electrons. The van der Waals surface area contributed by atoms with Crippen LogP contribution in [0.1, 0.15) is 76.8 Å². The van der Waals surface area contributed by atoms with Crippen molar-refractivity contribution in [3.8, 4) is 0 Å². The number of ketones is 1. The Morgan fingerprint density at radius 1 is 1.21 bits per heavy atom. The molecular weight excluding hydrogens is 372 g/mol. The molecule has 1 unspecified atom stereocenters. The topological polar surface area (TPSA) is 81.8 Å². The zero-order valence-electron chi connectivity index (χ0n) is 18.1. The van der Waals surface area contributed by atoms with Crippen LogP contribution in [0.2, 0.25) is 0 Å². The second-order valence-electron chi connectivity index (χ2n) is 6.91. The molecule has 0 aliphatic rings. The normalized spacial score (nSPS) is 11.9. The summed E-state index contributed by atoms with van der Waals surface area (Å²) in [6, 6.07) is 2.53. The van der Waals surface area contributed by atoms with Gasteiger partial charge in [0.15, 0.2) is 11.5 Å². The van der Waals surface area contributed by atoms with Gasteiger partial charge in [-0.3, -0.25) is 9.59 Å². The van der Waals surface area contributed by atoms with Crippen molar-refractivity contribution in [3.63, 3.8) is 0 Å². The van der Waals surface area contributed by atoms with Crippen LogP contribution in [0.25, 0.3) is 0 Å². The fourth-order valence-electron chi connectivity index (χ4n) is 3.72. The third-order valence-electron chi connectivity index (χ3n) is 5.10. The van der Waals surface area contributed by atoms with E-state index in [0.717, 1.165) is 0 Å². The molecule has 0 aliphatic carbocycles. The lowest BCUT2D eigenvalue weighted by Crippen LogP contribution is -2.44. The van der Waals surface area contributed by atoms with Gasteiger partial charge in [0.05, 0.1) is 18.9 Å². The molecule has 0 aliphatic heterocycles. The van der Waals surface area contributed by atoms with Gasteiger partial charge in [-0.25, -0.2) is 4.79 Å². The number of nitrogens with zero attached hydrogens (tertiary/aromatic N) is 2. The van der Waals surface area contributed by atoms with Gasteiger partial charge in [0, 0.05) is 24.3 Å². The number of carbonyl (C=O) groups is 3. The summed E-state index contributed by atoms with van der Waals surface area (Å²) < 4.78 is 12.2. The Morgan fingerprint density at radius 2 is 1.90 bits per heavy atom. The highest BCUT2D eigenvalue weighted by atomic mass is 16.5. The Balaban J connectivity index is 2.46. The zero-order chi connectivity index (χ0) is 21.7. The van der Waals surface area contributed by atoms with Crippen molar-refractivity contribution >= 4 is 17.7 Å². The minimum atomic E-state index is -0.701. The summed E-state index contributed by atoms with van der Waals surface area (Å²) in [7, 11) is 0. The smallest absolute Gasteiger partial charge is 0.355 e. The predicted octanol–water partition coefficient (Wildman–Crippen LogP) is 4.02. The van der Waals surface area contributed by atoms with Gasteiger partial charge in [-0.05, 0) is 58.7 Å². The summed E-state index contributed by atoms with van der Waals surface area (Å²) in [6.45, 7) is 12.1. The standard InChI is InChI=1S/C22H30N2O5/c1-7-12-24(21(26)17-11-10-13-29-17)16(6)20(25)18-14(4)19(22(27)28-9-3)23(8-2)15(18)5/h10-11,13,16H,7-9,12H2,1-6H3. The van der Waals surface area contributed by atoms with E-state index >= 15 is 0 Å². The van der Waals surface area contributed by atoms with E-state index < -0.39 is 12.0 Å². The van der Waals surface area contributed by atoms with Crippen LogP contribution < -0.4 is 0 Å². The minimum absolute atomic E-state index is 0.199. The monoisotopic (exact) mass is 402 g/mol. The number of rotatable bonds is 9. The second kappa shape index (κ2) is 9.58. The van der Waals surface area contributed by atoms with Crippen molar-refractivity contribution in [2.45, 2.75) is 60.5 Å². The Kier molecular flexibility index (Phi) is 7.42. The Morgan fingerprint density at radius 3 is 2.41 bits per heavy atom. The van der Waals surface area contributed by atoms with Gasteiger partial charge >= 0.3 is 5.97 Å². The summed E-state index contributed by atoms with van der Waals surface area (Å²) in [5.74, 6) is -0.775. The van der Waals surface area contributed by atoms with Gasteiger partial charge in [-0.2, -0.15) is 0 Å². The van der Waals surface area contributed by atoms with E-state index in [1.54, 1.807) is 37.5 Å². The zero-order valence-corrected chi connectivity index (χ0v) is 18.1. The van der Waals surface area contributed by atoms with E-state index in [2.05, 4.69) is 0 Å². The molecule has 0 saturated heterocycles. The molecule has 0 saturated carbocycles. The van der Waals surface area contributed by atoms with Crippen molar-refractivity contribution in [3.05, 3.63) is 46.7 Å². The number of hydrogen-bond donors (Lipinski definition) is 0. The maximum absolute atomic E-state index is 13.4. The highest BCUT2D eigenvalue weighted by Gasteiger charge is 2.33. The van der Waals surface area contributed by atoms with Crippen LogP contribution in [0.3, 0.4) is 0 Å². The van der Waals surface area contributed by atoms with Crippen LogP contribution in [-0.4, -0.2) is 46.3 Å². The number of esters is 1. The van der Waals surface area contributed by atoms with Crippen LogP contribution in [0.5, 0.6) is 0 Å². The van der Waals surface area contributed by atoms with Gasteiger partial charge in [-0.1, -0.05) is 6.92 Å². The van der Waals surface area contributed by atoms with E-state index in [-0.39, 0.29) is 24.1 Å². The number of carbonyl (C=O) groups excluding carboxylic acids is 3. The lowest BCUT2D eigenvalue weighted by Gasteiger charge is -2.27. The minimum Gasteiger partial charge on any atom is -0.461 e. The molecule has 2 aromatic rings. The van der Waals surface area contributed by atoms with Crippen LogP contribution in [0.15, 0.2) is 22.8 Å². The van der Waals surface area contributed by atoms with Crippen LogP contribution >= 0.6 is 0 Å². The summed E-state index contributed by atoms with van der Waals surface area (Å²) in [5, 5.41) is 0. The Hall–Kier alpha value is -2.83. The van der Waals surface area contributed by atoms with Gasteiger partial charge in [0.25, 0.3) is 5.91 Å². The maximum Gasteiger partial charge on any atom is 0.355 e. The number of furan rings is 1. The van der Waals surface area contributed by atoms with Crippen molar-refractivity contribution < 1.29 is 23.5 Å². The Labute approximate surface area is 171 Å². The third-order valence-corrected chi connectivity index (χ3v) is 5.10. The molecule has 0 aromatic carbocycles. The fraction of sp³-hybridized carbons (Fsp3) is 0.500. The third kappa shape index (κ3) is 4.28. The van der Waals surface area contributed by atoms with Crippen molar-refractivity contribution in [1.29, 1.82) is 0 Å². The van der Waals surface area contributed by atoms with Crippen molar-refractivity contribution in [1.82, 2.24) is 9.47 Å². The number of Topliss-reactive ketones (excluding diaryl/α,β-unsaturated/α-hetero) is 1. The molecule has 1 amide bonds. The quantitative estimate of drug-likeness (QED) is 0.467. The largest absolute Gasteiger partial charge is 0.461 e. The van der Waals surface area contributed by atoms with E-state index in [4.69, 9.17) is 9.15 Å². The molecule has 0 bridgehead atoms. The maximum atomic E-state index is 13.4. The first-order valence-corrected chi connectivity index (χ1v) is 10.0. The molecule has 7 heteroatoms. The predicted molar refractivity (Wildman–Crippen MR) is 109 cm³/mol. The van der Waals surface area contributed by atoms with E-state index in [1.807, 2.05) is 20.8 Å². The van der Waals surface area contributed by atoms with Crippen LogP contribution in [-0.2, 0) is 11.3 Å². The lowest BCUT2D eigenvalue weighted by molar-refractivity contribution is 0.0512. The van der Waals surface area contributed by atoms with Gasteiger partial charge in [-0.15, -0.1) is 0 Å². The van der Waals surface area contributed by atoms with E-state index in [9.17, 15) is 14.4 Å². The summed E-state index contributed by atoms with van der Waals surface area (Å²) in [5.41, 5.74) is 2.14. The first-order valence-electron chi connectivity index (χ1n) is 10.0. The summed E-state index contributed by atoms with van der Waals surface area (Å²) in [6.07, 6.45) is 2.14. The molecule has 2 aromatic heterocycles. The first kappa shape index (κ1) is 22.5. The average Bonchev–Trinajstić information content (AvgIpc) is 3.31. The molecule has 2 heterocycles. The molecule has 0 fully saturated rings. The fourth-order valence-corrected chi connectivity index (χ4v) is 3.72. The van der Waals surface area contributed by atoms with Crippen molar-refractivity contribution in [2.75, 3.05) is 13.2 Å². The SMILES string of the molecule is CCCN(C(=O)c1ccco1)C(C)C(=O)c1c(C)c(C(=O)OCC)n(CC)c1C. The lowest BCUT2D eigenvalue weighted by atomic mass is 9.99. The molecule has 7 nitrogen and oxygen atoms in total. The summed E-state index contributed by atoms with van der Waals surface area (Å²) in [4.78, 5) is 40.3. The van der Waals surface area contributed by atoms with Crippen LogP contribution in [0.4, 0.5) is 0 Å². The average molecular weight is 402 g/mol. The molecule has 29 heavy (non-hydrogen) atoms. The molecule has 1 atom stereocenters. The molecular formula is C22H30N2O5. The van der Waals surface area contributed by atoms with Gasteiger partial charge < -0.3 is 18.6 Å². The van der Waals surface area contributed by atoms with E-state index in [1.165, 1.54) is 11.2 Å². The first-order chi connectivity index (χ1) is 13.8. The molecule has 0 spiro atoms. The number of aromatic nitrogens is 1. The summed E-state index contributed by atoms with van der Waals surface area (Å²) >= 11 is 0. The van der Waals surface area contributed by atoms with E-state index in [0.29, 0.717) is 42.0 Å². The molecule has 158 valence electrons. The highest BCUT2D eigenvalue weighted by Crippen LogP contribution is 2.26. The van der Waals surface area contributed by atoms with Gasteiger partial charge in [0.1, 0.15) is 5.69 Å².